The number of hydrogen-bond acceptors (Lipinski definition) is 5. The van der Waals surface area contributed by atoms with Crippen LogP contribution in [0.15, 0.2) is 35.4 Å². The van der Waals surface area contributed by atoms with Crippen LogP contribution in [0.5, 0.6) is 0 Å². The van der Waals surface area contributed by atoms with Crippen LogP contribution in [0.1, 0.15) is 23.0 Å². The Morgan fingerprint density at radius 2 is 2.04 bits per heavy atom. The molecule has 24 heavy (non-hydrogen) atoms. The van der Waals surface area contributed by atoms with E-state index in [1.54, 1.807) is 23.2 Å². The zero-order valence-electron chi connectivity index (χ0n) is 13.6. The van der Waals surface area contributed by atoms with Crippen molar-refractivity contribution in [2.45, 2.75) is 13.8 Å². The summed E-state index contributed by atoms with van der Waals surface area (Å²) in [5, 5.41) is 4.50. The molecule has 0 aliphatic heterocycles. The van der Waals surface area contributed by atoms with Gasteiger partial charge in [0.1, 0.15) is 5.82 Å². The number of aryl methyl sites for hydroxylation is 3. The molecule has 0 saturated heterocycles. The fraction of sp³-hybridized carbons (Fsp3) is 0.176. The second-order valence-electron chi connectivity index (χ2n) is 5.63. The van der Waals surface area contributed by atoms with E-state index in [4.69, 9.17) is 4.42 Å². The van der Waals surface area contributed by atoms with Crippen LogP contribution in [0.25, 0.3) is 29.1 Å². The molecule has 0 spiro atoms. The van der Waals surface area contributed by atoms with Gasteiger partial charge in [0, 0.05) is 25.0 Å². The summed E-state index contributed by atoms with van der Waals surface area (Å²) >= 11 is 0. The van der Waals surface area contributed by atoms with Crippen molar-refractivity contribution in [1.29, 1.82) is 0 Å². The van der Waals surface area contributed by atoms with E-state index in [2.05, 4.69) is 20.1 Å². The third-order valence-electron chi connectivity index (χ3n) is 3.84. The van der Waals surface area contributed by atoms with Crippen molar-refractivity contribution in [3.8, 4) is 11.3 Å². The van der Waals surface area contributed by atoms with Gasteiger partial charge in [-0.3, -0.25) is 4.98 Å². The maximum absolute atomic E-state index is 5.11. The first-order valence-electron chi connectivity index (χ1n) is 7.55. The van der Waals surface area contributed by atoms with Gasteiger partial charge >= 0.3 is 0 Å². The SMILES string of the molecule is Cc1ncc(C)n2nc(/C=C/c3nc(-c4ccoc4)cn3C)nc12. The third kappa shape index (κ3) is 2.40. The molecule has 0 amide bonds. The first-order chi connectivity index (χ1) is 11.6. The Hall–Kier alpha value is -3.22. The molecule has 0 aliphatic carbocycles. The van der Waals surface area contributed by atoms with Gasteiger partial charge in [-0.15, -0.1) is 5.10 Å². The molecule has 120 valence electrons. The summed E-state index contributed by atoms with van der Waals surface area (Å²) in [4.78, 5) is 13.4. The second kappa shape index (κ2) is 5.45. The van der Waals surface area contributed by atoms with Crippen molar-refractivity contribution >= 4 is 17.8 Å². The van der Waals surface area contributed by atoms with Crippen LogP contribution in [0.2, 0.25) is 0 Å². The average molecular weight is 320 g/mol. The maximum Gasteiger partial charge on any atom is 0.177 e. The lowest BCUT2D eigenvalue weighted by Gasteiger charge is -1.97. The number of nitrogens with zero attached hydrogens (tertiary/aromatic N) is 6. The minimum atomic E-state index is 0.627. The molecule has 0 saturated carbocycles. The van der Waals surface area contributed by atoms with Gasteiger partial charge in [0.05, 0.1) is 29.6 Å². The van der Waals surface area contributed by atoms with Gasteiger partial charge < -0.3 is 8.98 Å². The van der Waals surface area contributed by atoms with Crippen LogP contribution in [-0.4, -0.2) is 29.1 Å². The Kier molecular flexibility index (Phi) is 3.26. The Labute approximate surface area is 138 Å². The Morgan fingerprint density at radius 1 is 1.17 bits per heavy atom. The summed E-state index contributed by atoms with van der Waals surface area (Å²) < 4.78 is 8.86. The van der Waals surface area contributed by atoms with E-state index >= 15 is 0 Å². The molecule has 4 aromatic heterocycles. The predicted molar refractivity (Wildman–Crippen MR) is 90.1 cm³/mol. The molecular formula is C17H16N6O. The fourth-order valence-corrected chi connectivity index (χ4v) is 2.52. The van der Waals surface area contributed by atoms with Crippen LogP contribution in [0.3, 0.4) is 0 Å². The average Bonchev–Trinajstić information content (AvgIpc) is 3.28. The molecule has 7 nitrogen and oxygen atoms in total. The molecule has 0 aliphatic rings. The van der Waals surface area contributed by atoms with Crippen LogP contribution >= 0.6 is 0 Å². The summed E-state index contributed by atoms with van der Waals surface area (Å²) in [5.74, 6) is 1.44. The van der Waals surface area contributed by atoms with Gasteiger partial charge in [-0.05, 0) is 32.1 Å². The smallest absolute Gasteiger partial charge is 0.177 e. The maximum atomic E-state index is 5.11. The molecule has 4 heterocycles. The molecule has 7 heteroatoms. The van der Waals surface area contributed by atoms with Gasteiger partial charge in [-0.2, -0.15) is 0 Å². The molecular weight excluding hydrogens is 304 g/mol. The van der Waals surface area contributed by atoms with Gasteiger partial charge in [-0.25, -0.2) is 14.5 Å². The number of imidazole rings is 1. The van der Waals surface area contributed by atoms with Crippen LogP contribution in [0.4, 0.5) is 0 Å². The van der Waals surface area contributed by atoms with Crippen molar-refractivity contribution in [3.05, 3.63) is 54.0 Å². The number of furan rings is 1. The topological polar surface area (TPSA) is 74.0 Å². The Morgan fingerprint density at radius 3 is 2.79 bits per heavy atom. The first kappa shape index (κ1) is 14.4. The highest BCUT2D eigenvalue weighted by atomic mass is 16.3. The van der Waals surface area contributed by atoms with Crippen molar-refractivity contribution in [3.63, 3.8) is 0 Å². The summed E-state index contributed by atoms with van der Waals surface area (Å²) in [6.07, 6.45) is 10.8. The monoisotopic (exact) mass is 320 g/mol. The van der Waals surface area contributed by atoms with Gasteiger partial charge in [0.2, 0.25) is 0 Å². The molecule has 0 atom stereocenters. The second-order valence-corrected chi connectivity index (χ2v) is 5.63. The lowest BCUT2D eigenvalue weighted by atomic mass is 10.3. The zero-order chi connectivity index (χ0) is 16.7. The van der Waals surface area contributed by atoms with Crippen LogP contribution in [-0.2, 0) is 7.05 Å². The number of rotatable bonds is 3. The van der Waals surface area contributed by atoms with Gasteiger partial charge in [-0.1, -0.05) is 0 Å². The number of aromatic nitrogens is 6. The van der Waals surface area contributed by atoms with E-state index in [1.807, 2.05) is 49.9 Å². The molecule has 4 aromatic rings. The minimum absolute atomic E-state index is 0.627. The van der Waals surface area contributed by atoms with E-state index in [9.17, 15) is 0 Å². The Bertz CT molecular complexity index is 1000. The largest absolute Gasteiger partial charge is 0.472 e. The number of hydrogen-bond donors (Lipinski definition) is 0. The summed E-state index contributed by atoms with van der Waals surface area (Å²) in [6, 6.07) is 1.89. The van der Waals surface area contributed by atoms with E-state index in [-0.39, 0.29) is 0 Å². The molecule has 0 N–H and O–H groups in total. The summed E-state index contributed by atoms with van der Waals surface area (Å²) in [6.45, 7) is 3.88. The molecule has 0 radical (unpaired) electrons. The van der Waals surface area contributed by atoms with E-state index < -0.39 is 0 Å². The first-order valence-corrected chi connectivity index (χ1v) is 7.55. The highest BCUT2D eigenvalue weighted by Gasteiger charge is 2.09. The molecule has 0 bridgehead atoms. The van der Waals surface area contributed by atoms with Gasteiger partial charge in [0.25, 0.3) is 0 Å². The zero-order valence-corrected chi connectivity index (χ0v) is 13.6. The highest BCUT2D eigenvalue weighted by molar-refractivity contribution is 5.67. The molecule has 0 fully saturated rings. The summed E-state index contributed by atoms with van der Waals surface area (Å²) in [5.41, 5.74) is 4.39. The van der Waals surface area contributed by atoms with Crippen molar-refractivity contribution in [2.24, 2.45) is 7.05 Å². The molecule has 0 aromatic carbocycles. The van der Waals surface area contributed by atoms with E-state index in [0.717, 1.165) is 34.1 Å². The summed E-state index contributed by atoms with van der Waals surface area (Å²) in [7, 11) is 1.95. The van der Waals surface area contributed by atoms with Crippen molar-refractivity contribution in [1.82, 2.24) is 29.1 Å². The standard InChI is InChI=1S/C17H16N6O/c1-11-8-18-12(2)17-20-15(21-23(11)17)4-5-16-19-14(9-22(16)3)13-6-7-24-10-13/h4-10H,1-3H3/b5-4+. The van der Waals surface area contributed by atoms with E-state index in [0.29, 0.717) is 5.82 Å². The quantitative estimate of drug-likeness (QED) is 0.580. The van der Waals surface area contributed by atoms with Crippen molar-refractivity contribution < 1.29 is 4.42 Å². The molecule has 4 rings (SSSR count). The van der Waals surface area contributed by atoms with Gasteiger partial charge in [0.15, 0.2) is 11.5 Å². The fourth-order valence-electron chi connectivity index (χ4n) is 2.52. The molecule has 0 unspecified atom stereocenters. The normalized spacial score (nSPS) is 11.8. The van der Waals surface area contributed by atoms with Crippen molar-refractivity contribution in [2.75, 3.05) is 0 Å². The minimum Gasteiger partial charge on any atom is -0.472 e. The number of fused-ring (bicyclic) bond motifs is 1. The Balaban J connectivity index is 1.68. The van der Waals surface area contributed by atoms with Crippen LogP contribution < -0.4 is 0 Å². The third-order valence-corrected chi connectivity index (χ3v) is 3.84. The van der Waals surface area contributed by atoms with Crippen LogP contribution in [0, 0.1) is 13.8 Å². The lowest BCUT2D eigenvalue weighted by Crippen LogP contribution is -1.97. The predicted octanol–water partition coefficient (Wildman–Crippen LogP) is 2.91. The lowest BCUT2D eigenvalue weighted by molar-refractivity contribution is 0.568. The highest BCUT2D eigenvalue weighted by Crippen LogP contribution is 2.19. The van der Waals surface area contributed by atoms with E-state index in [1.165, 1.54) is 0 Å².